The Kier molecular flexibility index (Phi) is 4.75. The van der Waals surface area contributed by atoms with Crippen LogP contribution in [0.1, 0.15) is 39.3 Å². The molecule has 0 fully saturated rings. The lowest BCUT2D eigenvalue weighted by Crippen LogP contribution is -2.29. The van der Waals surface area contributed by atoms with Crippen molar-refractivity contribution in [3.8, 4) is 0 Å². The first kappa shape index (κ1) is 17.7. The molecular formula is C18H14F3N3O2. The number of alkyl halides is 3. The van der Waals surface area contributed by atoms with Crippen LogP contribution in [-0.2, 0) is 6.18 Å². The zero-order chi connectivity index (χ0) is 18.7. The first-order valence-electron chi connectivity index (χ1n) is 7.67. The molecule has 2 aromatic carbocycles. The van der Waals surface area contributed by atoms with E-state index >= 15 is 0 Å². The van der Waals surface area contributed by atoms with E-state index in [2.05, 4.69) is 15.5 Å². The highest BCUT2D eigenvalue weighted by atomic mass is 19.4. The van der Waals surface area contributed by atoms with E-state index < -0.39 is 23.7 Å². The number of benzene rings is 2. The molecule has 134 valence electrons. The third kappa shape index (κ3) is 3.90. The lowest BCUT2D eigenvalue weighted by Gasteiger charge is -2.16. The quantitative estimate of drug-likeness (QED) is 0.765. The Labute approximate surface area is 146 Å². The molecule has 1 amide bonds. The molecule has 0 spiro atoms. The van der Waals surface area contributed by atoms with Crippen LogP contribution in [0.15, 0.2) is 59.0 Å². The summed E-state index contributed by atoms with van der Waals surface area (Å²) in [6.07, 6.45) is -4.46. The number of amides is 1. The molecule has 5 nitrogen and oxygen atoms in total. The molecule has 8 heteroatoms. The van der Waals surface area contributed by atoms with Crippen LogP contribution in [0.3, 0.4) is 0 Å². The molecule has 1 atom stereocenters. The zero-order valence-electron chi connectivity index (χ0n) is 13.6. The molecule has 0 saturated carbocycles. The van der Waals surface area contributed by atoms with E-state index in [1.165, 1.54) is 0 Å². The third-order valence-electron chi connectivity index (χ3n) is 3.67. The van der Waals surface area contributed by atoms with Gasteiger partial charge in [-0.15, -0.1) is 10.2 Å². The predicted molar refractivity (Wildman–Crippen MR) is 86.2 cm³/mol. The van der Waals surface area contributed by atoms with E-state index in [4.69, 9.17) is 4.42 Å². The Morgan fingerprint density at radius 1 is 1.04 bits per heavy atom. The first-order chi connectivity index (χ1) is 12.3. The highest BCUT2D eigenvalue weighted by Crippen LogP contribution is 2.29. The van der Waals surface area contributed by atoms with Gasteiger partial charge in [-0.2, -0.15) is 13.2 Å². The van der Waals surface area contributed by atoms with Crippen molar-refractivity contribution in [2.75, 3.05) is 0 Å². The molecule has 0 radical (unpaired) electrons. The van der Waals surface area contributed by atoms with Gasteiger partial charge in [0, 0.05) is 12.5 Å². The summed E-state index contributed by atoms with van der Waals surface area (Å²) >= 11 is 0. The summed E-state index contributed by atoms with van der Waals surface area (Å²) in [4.78, 5) is 12.5. The normalized spacial score (nSPS) is 12.6. The molecule has 0 bridgehead atoms. The van der Waals surface area contributed by atoms with Crippen LogP contribution in [-0.4, -0.2) is 16.1 Å². The van der Waals surface area contributed by atoms with Gasteiger partial charge in [0.25, 0.3) is 5.91 Å². The average Bonchev–Trinajstić information content (AvgIpc) is 3.05. The fraction of sp³-hybridized carbons (Fsp3) is 0.167. The average molecular weight is 361 g/mol. The number of hydrogen-bond donors (Lipinski definition) is 1. The minimum atomic E-state index is -4.46. The Bertz CT molecular complexity index is 890. The Balaban J connectivity index is 1.86. The van der Waals surface area contributed by atoms with Crippen molar-refractivity contribution in [2.24, 2.45) is 0 Å². The Morgan fingerprint density at radius 3 is 2.23 bits per heavy atom. The summed E-state index contributed by atoms with van der Waals surface area (Å²) in [6.45, 7) is 1.62. The maximum atomic E-state index is 12.6. The van der Waals surface area contributed by atoms with Crippen molar-refractivity contribution in [3.05, 3.63) is 83.1 Å². The fourth-order valence-electron chi connectivity index (χ4n) is 2.39. The van der Waals surface area contributed by atoms with Crippen molar-refractivity contribution >= 4 is 5.91 Å². The number of halogens is 3. The maximum Gasteiger partial charge on any atom is 0.416 e. The standard InChI is InChI=1S/C18H14F3N3O2/c1-11-23-24-17(26-11)15(12-5-3-2-4-6-12)22-16(25)13-7-9-14(10-8-13)18(19,20)21/h2-10,15H,1H3,(H,22,25). The van der Waals surface area contributed by atoms with Crippen LogP contribution >= 0.6 is 0 Å². The second kappa shape index (κ2) is 6.99. The molecule has 1 heterocycles. The first-order valence-corrected chi connectivity index (χ1v) is 7.67. The lowest BCUT2D eigenvalue weighted by molar-refractivity contribution is -0.137. The van der Waals surface area contributed by atoms with Crippen LogP contribution < -0.4 is 5.32 Å². The van der Waals surface area contributed by atoms with Crippen molar-refractivity contribution in [2.45, 2.75) is 19.1 Å². The van der Waals surface area contributed by atoms with Gasteiger partial charge in [0.2, 0.25) is 11.8 Å². The largest absolute Gasteiger partial charge is 0.423 e. The van der Waals surface area contributed by atoms with E-state index in [1.54, 1.807) is 31.2 Å². The third-order valence-corrected chi connectivity index (χ3v) is 3.67. The maximum absolute atomic E-state index is 12.6. The summed E-state index contributed by atoms with van der Waals surface area (Å²) < 4.78 is 43.4. The van der Waals surface area contributed by atoms with Crippen LogP contribution in [0.4, 0.5) is 13.2 Å². The molecule has 0 saturated heterocycles. The molecule has 26 heavy (non-hydrogen) atoms. The molecule has 0 aliphatic rings. The van der Waals surface area contributed by atoms with E-state index in [1.807, 2.05) is 6.07 Å². The predicted octanol–water partition coefficient (Wildman–Crippen LogP) is 3.92. The number of aromatic nitrogens is 2. The molecule has 1 N–H and O–H groups in total. The van der Waals surface area contributed by atoms with Gasteiger partial charge in [0.1, 0.15) is 6.04 Å². The van der Waals surface area contributed by atoms with Gasteiger partial charge in [-0.3, -0.25) is 4.79 Å². The molecule has 0 aliphatic carbocycles. The summed E-state index contributed by atoms with van der Waals surface area (Å²) in [5.74, 6) is -0.0258. The number of nitrogens with one attached hydrogen (secondary N) is 1. The summed E-state index contributed by atoms with van der Waals surface area (Å²) in [7, 11) is 0. The Hall–Kier alpha value is -3.16. The van der Waals surface area contributed by atoms with E-state index in [0.717, 1.165) is 24.3 Å². The molecule has 3 aromatic rings. The lowest BCUT2D eigenvalue weighted by atomic mass is 10.1. The highest BCUT2D eigenvalue weighted by Gasteiger charge is 2.30. The SMILES string of the molecule is Cc1nnc(C(NC(=O)c2ccc(C(F)(F)F)cc2)c2ccccc2)o1. The molecular weight excluding hydrogens is 347 g/mol. The van der Waals surface area contributed by atoms with Gasteiger partial charge in [-0.1, -0.05) is 30.3 Å². The van der Waals surface area contributed by atoms with E-state index in [0.29, 0.717) is 11.5 Å². The minimum absolute atomic E-state index is 0.0927. The number of aryl methyl sites for hydroxylation is 1. The van der Waals surface area contributed by atoms with Crippen LogP contribution in [0, 0.1) is 6.92 Å². The number of carbonyl (C=O) groups is 1. The molecule has 1 aromatic heterocycles. The van der Waals surface area contributed by atoms with Gasteiger partial charge in [-0.25, -0.2) is 0 Å². The number of hydrogen-bond acceptors (Lipinski definition) is 4. The van der Waals surface area contributed by atoms with Crippen molar-refractivity contribution < 1.29 is 22.4 Å². The number of nitrogens with zero attached hydrogens (tertiary/aromatic N) is 2. The number of carbonyl (C=O) groups excluding carboxylic acids is 1. The summed E-state index contributed by atoms with van der Waals surface area (Å²) in [5.41, 5.74) is -0.0206. The fourth-order valence-corrected chi connectivity index (χ4v) is 2.39. The van der Waals surface area contributed by atoms with Gasteiger partial charge >= 0.3 is 6.18 Å². The minimum Gasteiger partial charge on any atom is -0.423 e. The van der Waals surface area contributed by atoms with E-state index in [-0.39, 0.29) is 11.5 Å². The second-order valence-electron chi connectivity index (χ2n) is 5.55. The van der Waals surface area contributed by atoms with Gasteiger partial charge in [0.05, 0.1) is 5.56 Å². The van der Waals surface area contributed by atoms with Gasteiger partial charge in [-0.05, 0) is 29.8 Å². The molecule has 3 rings (SSSR count). The van der Waals surface area contributed by atoms with Crippen LogP contribution in [0.2, 0.25) is 0 Å². The van der Waals surface area contributed by atoms with Crippen LogP contribution in [0.5, 0.6) is 0 Å². The Morgan fingerprint density at radius 2 is 1.69 bits per heavy atom. The van der Waals surface area contributed by atoms with Crippen molar-refractivity contribution in [1.29, 1.82) is 0 Å². The van der Waals surface area contributed by atoms with Crippen molar-refractivity contribution in [3.63, 3.8) is 0 Å². The van der Waals surface area contributed by atoms with Crippen LogP contribution in [0.25, 0.3) is 0 Å². The second-order valence-corrected chi connectivity index (χ2v) is 5.55. The highest BCUT2D eigenvalue weighted by molar-refractivity contribution is 5.94. The van der Waals surface area contributed by atoms with E-state index in [9.17, 15) is 18.0 Å². The monoisotopic (exact) mass is 361 g/mol. The topological polar surface area (TPSA) is 68.0 Å². The molecule has 0 aliphatic heterocycles. The molecule has 1 unspecified atom stereocenters. The van der Waals surface area contributed by atoms with Crippen molar-refractivity contribution in [1.82, 2.24) is 15.5 Å². The van der Waals surface area contributed by atoms with Gasteiger partial charge < -0.3 is 9.73 Å². The summed E-state index contributed by atoms with van der Waals surface area (Å²) in [6, 6.07) is 12.2. The van der Waals surface area contributed by atoms with Gasteiger partial charge in [0.15, 0.2) is 0 Å². The number of rotatable bonds is 4. The zero-order valence-corrected chi connectivity index (χ0v) is 13.6. The smallest absolute Gasteiger partial charge is 0.416 e. The summed E-state index contributed by atoms with van der Waals surface area (Å²) in [5, 5.41) is 10.4.